The number of ether oxygens (including phenoxy) is 4. The zero-order valence-electron chi connectivity index (χ0n) is 31.5. The lowest BCUT2D eigenvalue weighted by Crippen LogP contribution is -2.49. The third-order valence-electron chi connectivity index (χ3n) is 10.5. The quantitative estimate of drug-likeness (QED) is 0.0918. The fraction of sp³-hybridized carbons (Fsp3) is 0.341. The minimum absolute atomic E-state index is 0.0309. The predicted octanol–water partition coefficient (Wildman–Crippen LogP) is 2.49. The van der Waals surface area contributed by atoms with Gasteiger partial charge in [-0.3, -0.25) is 28.7 Å². The standard InChI is InChI=1S/C41H44N6O9S/c1-24-21-46(39(51)44-36(24)49)34-18-30(43-38(57)42-20-32-31(48)19-35(55-32)47-22-25(2)37(50)45-40(47)52)33(56-34)23-54-41(26-10-6-4-7-11-26,27-12-8-5-9-13-27)28-14-16-29(53-3)17-15-28/h4-17,21-22,30-35,48H,18-20,23H2,1-3H3,(H2,42,43,57)(H,44,49,51)(H,45,50,52)/t30-,31-,32+,33+,34+,35+/m0/s1. The molecule has 0 spiro atoms. The van der Waals surface area contributed by atoms with Crippen LogP contribution in [0.3, 0.4) is 0 Å². The minimum atomic E-state index is -1.11. The lowest BCUT2D eigenvalue weighted by molar-refractivity contribution is -0.0806. The number of aromatic nitrogens is 4. The minimum Gasteiger partial charge on any atom is -0.497 e. The van der Waals surface area contributed by atoms with Crippen LogP contribution in [-0.4, -0.2) is 73.9 Å². The van der Waals surface area contributed by atoms with Crippen LogP contribution in [0.2, 0.25) is 0 Å². The van der Waals surface area contributed by atoms with Crippen LogP contribution in [0.25, 0.3) is 0 Å². The molecule has 7 rings (SSSR count). The molecule has 5 N–H and O–H groups in total. The van der Waals surface area contributed by atoms with Crippen molar-refractivity contribution >= 4 is 17.3 Å². The van der Waals surface area contributed by atoms with Gasteiger partial charge in [0.25, 0.3) is 11.1 Å². The molecule has 0 radical (unpaired) electrons. The molecule has 3 aromatic carbocycles. The van der Waals surface area contributed by atoms with E-state index in [0.717, 1.165) is 16.7 Å². The second-order valence-corrected chi connectivity index (χ2v) is 14.6. The lowest BCUT2D eigenvalue weighted by Gasteiger charge is -2.37. The maximum atomic E-state index is 13.1. The lowest BCUT2D eigenvalue weighted by atomic mass is 9.80. The number of hydrogen-bond acceptors (Lipinski definition) is 10. The fourth-order valence-corrected chi connectivity index (χ4v) is 7.65. The van der Waals surface area contributed by atoms with Crippen LogP contribution in [0.5, 0.6) is 5.75 Å². The summed E-state index contributed by atoms with van der Waals surface area (Å²) in [5.74, 6) is 0.689. The molecule has 0 amide bonds. The highest BCUT2D eigenvalue weighted by Gasteiger charge is 2.43. The van der Waals surface area contributed by atoms with E-state index in [1.54, 1.807) is 21.0 Å². The van der Waals surface area contributed by atoms with Crippen LogP contribution in [0.15, 0.2) is 117 Å². The third-order valence-corrected chi connectivity index (χ3v) is 10.7. The second kappa shape index (κ2) is 16.8. The van der Waals surface area contributed by atoms with Crippen molar-refractivity contribution < 1.29 is 24.1 Å². The number of aromatic amines is 2. The van der Waals surface area contributed by atoms with Crippen molar-refractivity contribution in [2.75, 3.05) is 20.3 Å². The normalized spacial score (nSPS) is 22.0. The molecule has 2 aliphatic heterocycles. The Labute approximate surface area is 332 Å². The molecule has 0 saturated carbocycles. The van der Waals surface area contributed by atoms with Crippen LogP contribution in [0.1, 0.15) is 53.1 Å². The van der Waals surface area contributed by atoms with Gasteiger partial charge >= 0.3 is 11.4 Å². The van der Waals surface area contributed by atoms with Crippen LogP contribution < -0.4 is 37.9 Å². The number of nitrogens with one attached hydrogen (secondary N) is 4. The molecule has 15 nitrogen and oxygen atoms in total. The summed E-state index contributed by atoms with van der Waals surface area (Å²) < 4.78 is 27.8. The first-order valence-corrected chi connectivity index (χ1v) is 18.9. The van der Waals surface area contributed by atoms with Gasteiger partial charge in [0.05, 0.1) is 25.9 Å². The molecule has 2 aliphatic rings. The summed E-state index contributed by atoms with van der Waals surface area (Å²) in [6.07, 6.45) is -0.629. The molecule has 2 saturated heterocycles. The van der Waals surface area contributed by atoms with E-state index in [1.165, 1.54) is 21.5 Å². The maximum absolute atomic E-state index is 13.1. The Bertz CT molecular complexity index is 2390. The fourth-order valence-electron chi connectivity index (χ4n) is 7.42. The molecule has 2 fully saturated rings. The highest BCUT2D eigenvalue weighted by Crippen LogP contribution is 2.42. The predicted molar refractivity (Wildman–Crippen MR) is 214 cm³/mol. The first kappa shape index (κ1) is 39.6. The number of nitrogens with zero attached hydrogens (tertiary/aromatic N) is 2. The largest absolute Gasteiger partial charge is 0.497 e. The smallest absolute Gasteiger partial charge is 0.330 e. The van der Waals surface area contributed by atoms with Crippen LogP contribution in [-0.2, 0) is 19.8 Å². The Morgan fingerprint density at radius 2 is 1.30 bits per heavy atom. The number of aliphatic hydroxyl groups excluding tert-OH is 1. The van der Waals surface area contributed by atoms with Crippen molar-refractivity contribution in [1.29, 1.82) is 0 Å². The molecular weight excluding hydrogens is 753 g/mol. The molecule has 4 heterocycles. The van der Waals surface area contributed by atoms with E-state index in [0.29, 0.717) is 16.9 Å². The monoisotopic (exact) mass is 796 g/mol. The van der Waals surface area contributed by atoms with E-state index >= 15 is 0 Å². The molecule has 57 heavy (non-hydrogen) atoms. The van der Waals surface area contributed by atoms with Crippen LogP contribution in [0, 0.1) is 13.8 Å². The van der Waals surface area contributed by atoms with Crippen molar-refractivity contribution in [3.63, 3.8) is 0 Å². The summed E-state index contributed by atoms with van der Waals surface area (Å²) >= 11 is 5.74. The Hall–Kier alpha value is -5.65. The molecule has 6 atom stereocenters. The second-order valence-electron chi connectivity index (χ2n) is 14.2. The third kappa shape index (κ3) is 8.26. The summed E-state index contributed by atoms with van der Waals surface area (Å²) in [4.78, 5) is 54.3. The molecule has 0 aliphatic carbocycles. The Kier molecular flexibility index (Phi) is 11.7. The van der Waals surface area contributed by atoms with Crippen molar-refractivity contribution in [3.8, 4) is 5.75 Å². The number of H-pyrrole nitrogens is 2. The van der Waals surface area contributed by atoms with E-state index in [2.05, 4.69) is 20.6 Å². The molecule has 2 aromatic heterocycles. The number of aryl methyl sites for hydroxylation is 2. The maximum Gasteiger partial charge on any atom is 0.330 e. The van der Waals surface area contributed by atoms with E-state index in [-0.39, 0.29) is 31.1 Å². The Morgan fingerprint density at radius 1 is 0.789 bits per heavy atom. The van der Waals surface area contributed by atoms with Gasteiger partial charge in [-0.05, 0) is 54.9 Å². The summed E-state index contributed by atoms with van der Waals surface area (Å²) in [6, 6.07) is 26.9. The van der Waals surface area contributed by atoms with Crippen LogP contribution >= 0.6 is 12.2 Å². The summed E-state index contributed by atoms with van der Waals surface area (Å²) in [7, 11) is 1.61. The summed E-state index contributed by atoms with van der Waals surface area (Å²) in [6.45, 7) is 3.32. The first-order chi connectivity index (χ1) is 27.5. The molecule has 298 valence electrons. The summed E-state index contributed by atoms with van der Waals surface area (Å²) in [5, 5.41) is 17.5. The number of thiocarbonyl (C=S) groups is 1. The van der Waals surface area contributed by atoms with Gasteiger partial charge in [-0.15, -0.1) is 0 Å². The zero-order chi connectivity index (χ0) is 40.3. The average molecular weight is 797 g/mol. The first-order valence-electron chi connectivity index (χ1n) is 18.5. The van der Waals surface area contributed by atoms with Gasteiger partial charge in [0.1, 0.15) is 36.0 Å². The van der Waals surface area contributed by atoms with Gasteiger partial charge in [0, 0.05) is 42.9 Å². The number of hydrogen-bond donors (Lipinski definition) is 5. The van der Waals surface area contributed by atoms with Gasteiger partial charge in [-0.25, -0.2) is 9.59 Å². The molecule has 5 aromatic rings. The molecule has 0 unspecified atom stereocenters. The van der Waals surface area contributed by atoms with Crippen molar-refractivity contribution in [2.24, 2.45) is 0 Å². The molecule has 0 bridgehead atoms. The van der Waals surface area contributed by atoms with Gasteiger partial charge in [-0.2, -0.15) is 0 Å². The van der Waals surface area contributed by atoms with E-state index in [1.807, 2.05) is 84.9 Å². The highest BCUT2D eigenvalue weighted by atomic mass is 32.1. The van der Waals surface area contributed by atoms with E-state index < -0.39 is 64.9 Å². The number of aliphatic hydroxyl groups is 1. The van der Waals surface area contributed by atoms with Crippen molar-refractivity contribution in [3.05, 3.63) is 167 Å². The Balaban J connectivity index is 1.15. The number of methoxy groups -OCH3 is 1. The average Bonchev–Trinajstić information content (AvgIpc) is 3.79. The van der Waals surface area contributed by atoms with Gasteiger partial charge in [-0.1, -0.05) is 72.8 Å². The van der Waals surface area contributed by atoms with Crippen molar-refractivity contribution in [2.45, 2.75) is 69.1 Å². The SMILES string of the molecule is COc1ccc(C(OC[C@H]2O[C@@H](n3cc(C)c(=O)[nH]c3=O)C[C@@H]2NC(=S)NC[C@H]2O[C@@H](n3cc(C)c(=O)[nH]c3=O)C[C@@H]2O)(c2ccccc2)c2ccccc2)cc1. The topological polar surface area (TPSA) is 191 Å². The number of benzene rings is 3. The van der Waals surface area contributed by atoms with Gasteiger partial charge in [0.15, 0.2) is 5.11 Å². The Morgan fingerprint density at radius 3 is 1.84 bits per heavy atom. The van der Waals surface area contributed by atoms with E-state index in [4.69, 9.17) is 31.2 Å². The van der Waals surface area contributed by atoms with Gasteiger partial charge < -0.3 is 34.7 Å². The zero-order valence-corrected chi connectivity index (χ0v) is 32.4. The highest BCUT2D eigenvalue weighted by molar-refractivity contribution is 7.80. The van der Waals surface area contributed by atoms with Crippen molar-refractivity contribution in [1.82, 2.24) is 29.7 Å². The summed E-state index contributed by atoms with van der Waals surface area (Å²) in [5.41, 5.74) is -0.0535. The van der Waals surface area contributed by atoms with E-state index in [9.17, 15) is 24.3 Å². The van der Waals surface area contributed by atoms with Gasteiger partial charge in [0.2, 0.25) is 0 Å². The molecular formula is C41H44N6O9S. The molecule has 16 heteroatoms. The van der Waals surface area contributed by atoms with Crippen LogP contribution in [0.4, 0.5) is 0 Å². The number of rotatable bonds is 12.